The van der Waals surface area contributed by atoms with E-state index in [0.717, 1.165) is 6.42 Å². The fourth-order valence-electron chi connectivity index (χ4n) is 2.95. The first-order valence-electron chi connectivity index (χ1n) is 7.71. The van der Waals surface area contributed by atoms with Crippen molar-refractivity contribution in [3.05, 3.63) is 35.2 Å². The van der Waals surface area contributed by atoms with Crippen LogP contribution < -0.4 is 5.32 Å². The fraction of sp³-hybridized carbons (Fsp3) is 0.412. The third-order valence-corrected chi connectivity index (χ3v) is 5.52. The molecule has 122 valence electrons. The number of carbonyl (C=O) groups is 2. The van der Waals surface area contributed by atoms with Crippen LogP contribution in [-0.2, 0) is 11.2 Å². The van der Waals surface area contributed by atoms with E-state index >= 15 is 0 Å². The summed E-state index contributed by atoms with van der Waals surface area (Å²) in [6.45, 7) is 3.02. The van der Waals surface area contributed by atoms with Crippen molar-refractivity contribution in [1.82, 2.24) is 10.2 Å². The summed E-state index contributed by atoms with van der Waals surface area (Å²) in [5, 5.41) is 15.5. The highest BCUT2D eigenvalue weighted by atomic mass is 32.1. The minimum atomic E-state index is -0.836. The molecule has 1 aliphatic heterocycles. The third-order valence-electron chi connectivity index (χ3n) is 4.51. The molecule has 6 heteroatoms. The summed E-state index contributed by atoms with van der Waals surface area (Å²) in [7, 11) is 0. The molecular formula is C17H20N2O3S. The Bertz CT molecular complexity index is 742. The lowest BCUT2D eigenvalue weighted by Crippen LogP contribution is -2.41. The van der Waals surface area contributed by atoms with E-state index in [2.05, 4.69) is 22.8 Å². The first kappa shape index (κ1) is 15.8. The van der Waals surface area contributed by atoms with Gasteiger partial charge in [0.15, 0.2) is 0 Å². The Labute approximate surface area is 138 Å². The van der Waals surface area contributed by atoms with Gasteiger partial charge in [0.25, 0.3) is 0 Å². The molecule has 0 saturated carbocycles. The number of benzene rings is 1. The van der Waals surface area contributed by atoms with Gasteiger partial charge in [0, 0.05) is 24.3 Å². The topological polar surface area (TPSA) is 69.6 Å². The minimum absolute atomic E-state index is 0.172. The second kappa shape index (κ2) is 6.20. The molecule has 1 atom stereocenters. The second-order valence-corrected chi connectivity index (χ2v) is 7.19. The molecule has 2 heterocycles. The summed E-state index contributed by atoms with van der Waals surface area (Å²) in [4.78, 5) is 25.0. The number of nitrogens with zero attached hydrogens (tertiary/aromatic N) is 1. The van der Waals surface area contributed by atoms with Crippen molar-refractivity contribution in [2.75, 3.05) is 19.6 Å². The number of urea groups is 1. The monoisotopic (exact) mass is 332 g/mol. The number of likely N-dealkylation sites (tertiary alicyclic amines) is 1. The van der Waals surface area contributed by atoms with Crippen LogP contribution >= 0.6 is 11.3 Å². The molecule has 1 unspecified atom stereocenters. The van der Waals surface area contributed by atoms with E-state index in [1.807, 2.05) is 12.1 Å². The summed E-state index contributed by atoms with van der Waals surface area (Å²) in [5.74, 6) is -0.836. The molecule has 2 N–H and O–H groups in total. The first-order chi connectivity index (χ1) is 11.0. The van der Waals surface area contributed by atoms with Gasteiger partial charge in [-0.15, -0.1) is 11.3 Å². The molecule has 2 aromatic rings. The van der Waals surface area contributed by atoms with Crippen molar-refractivity contribution < 1.29 is 14.7 Å². The summed E-state index contributed by atoms with van der Waals surface area (Å²) < 4.78 is 1.26. The highest BCUT2D eigenvalue weighted by Crippen LogP contribution is 2.30. The molecule has 23 heavy (non-hydrogen) atoms. The molecule has 1 aliphatic rings. The maximum absolute atomic E-state index is 12.2. The number of nitrogens with one attached hydrogen (secondary N) is 1. The molecule has 5 nitrogen and oxygen atoms in total. The number of fused-ring (bicyclic) bond motifs is 1. The predicted octanol–water partition coefficient (Wildman–Crippen LogP) is 2.95. The van der Waals surface area contributed by atoms with Gasteiger partial charge in [-0.3, -0.25) is 4.79 Å². The van der Waals surface area contributed by atoms with Crippen LogP contribution in [0.15, 0.2) is 29.6 Å². The van der Waals surface area contributed by atoms with Gasteiger partial charge in [0.2, 0.25) is 0 Å². The van der Waals surface area contributed by atoms with E-state index in [1.54, 1.807) is 23.2 Å². The molecule has 1 fully saturated rings. The summed E-state index contributed by atoms with van der Waals surface area (Å²) in [6, 6.07) is 8.07. The summed E-state index contributed by atoms with van der Waals surface area (Å²) >= 11 is 1.71. The van der Waals surface area contributed by atoms with Crippen LogP contribution in [0, 0.1) is 5.41 Å². The van der Waals surface area contributed by atoms with E-state index in [9.17, 15) is 14.7 Å². The van der Waals surface area contributed by atoms with Crippen molar-refractivity contribution in [2.24, 2.45) is 5.41 Å². The lowest BCUT2D eigenvalue weighted by atomic mass is 9.90. The van der Waals surface area contributed by atoms with Crippen LogP contribution in [0.1, 0.15) is 18.9 Å². The van der Waals surface area contributed by atoms with E-state index < -0.39 is 11.4 Å². The smallest absolute Gasteiger partial charge is 0.317 e. The van der Waals surface area contributed by atoms with Crippen LogP contribution in [0.4, 0.5) is 4.79 Å². The highest BCUT2D eigenvalue weighted by Gasteiger charge is 2.42. The number of carbonyl (C=O) groups excluding carboxylic acids is 1. The molecule has 1 aromatic heterocycles. The van der Waals surface area contributed by atoms with Crippen molar-refractivity contribution in [3.8, 4) is 0 Å². The van der Waals surface area contributed by atoms with Gasteiger partial charge in [0.1, 0.15) is 0 Å². The van der Waals surface area contributed by atoms with Crippen LogP contribution in [-0.4, -0.2) is 41.6 Å². The van der Waals surface area contributed by atoms with Crippen molar-refractivity contribution in [3.63, 3.8) is 0 Å². The van der Waals surface area contributed by atoms with E-state index in [1.165, 1.54) is 15.6 Å². The van der Waals surface area contributed by atoms with Crippen molar-refractivity contribution >= 4 is 33.4 Å². The average Bonchev–Trinajstić information content (AvgIpc) is 3.13. The number of amides is 2. The lowest BCUT2D eigenvalue weighted by Gasteiger charge is -2.20. The number of carboxylic acids is 1. The minimum Gasteiger partial charge on any atom is -0.481 e. The van der Waals surface area contributed by atoms with Gasteiger partial charge in [-0.25, -0.2) is 4.79 Å². The van der Waals surface area contributed by atoms with E-state index in [-0.39, 0.29) is 12.6 Å². The number of hydrogen-bond acceptors (Lipinski definition) is 3. The Morgan fingerprint density at radius 1 is 1.39 bits per heavy atom. The number of rotatable bonds is 4. The van der Waals surface area contributed by atoms with Crippen molar-refractivity contribution in [2.45, 2.75) is 19.8 Å². The molecule has 1 saturated heterocycles. The Kier molecular flexibility index (Phi) is 4.26. The Hall–Kier alpha value is -2.08. The SMILES string of the molecule is CC1(C(=O)O)CCN(C(=O)NCCc2csc3ccccc23)C1. The molecule has 3 rings (SSSR count). The zero-order chi connectivity index (χ0) is 16.4. The van der Waals surface area contributed by atoms with Gasteiger partial charge in [-0.05, 0) is 42.2 Å². The Balaban J connectivity index is 1.53. The van der Waals surface area contributed by atoms with Crippen LogP contribution in [0.3, 0.4) is 0 Å². The van der Waals surface area contributed by atoms with Gasteiger partial charge >= 0.3 is 12.0 Å². The van der Waals surface area contributed by atoms with Crippen LogP contribution in [0.25, 0.3) is 10.1 Å². The number of hydrogen-bond donors (Lipinski definition) is 2. The zero-order valence-electron chi connectivity index (χ0n) is 13.0. The number of aliphatic carboxylic acids is 1. The zero-order valence-corrected chi connectivity index (χ0v) is 13.9. The van der Waals surface area contributed by atoms with Gasteiger partial charge in [-0.2, -0.15) is 0 Å². The van der Waals surface area contributed by atoms with Crippen LogP contribution in [0.2, 0.25) is 0 Å². The van der Waals surface area contributed by atoms with Crippen molar-refractivity contribution in [1.29, 1.82) is 0 Å². The predicted molar refractivity (Wildman–Crippen MR) is 90.9 cm³/mol. The molecule has 0 spiro atoms. The lowest BCUT2D eigenvalue weighted by molar-refractivity contribution is -0.146. The van der Waals surface area contributed by atoms with E-state index in [0.29, 0.717) is 19.5 Å². The standard InChI is InChI=1S/C17H20N2O3S/c1-17(15(20)21)7-9-19(11-17)16(22)18-8-6-12-10-23-14-5-3-2-4-13(12)14/h2-5,10H,6-9,11H2,1H3,(H,18,22)(H,20,21). The molecule has 0 radical (unpaired) electrons. The molecule has 0 bridgehead atoms. The van der Waals surface area contributed by atoms with Gasteiger partial charge < -0.3 is 15.3 Å². The van der Waals surface area contributed by atoms with Crippen LogP contribution in [0.5, 0.6) is 0 Å². The molecular weight excluding hydrogens is 312 g/mol. The van der Waals surface area contributed by atoms with Gasteiger partial charge in [0.05, 0.1) is 5.41 Å². The van der Waals surface area contributed by atoms with E-state index in [4.69, 9.17) is 0 Å². The molecule has 2 amide bonds. The fourth-order valence-corrected chi connectivity index (χ4v) is 3.95. The number of carboxylic acid groups (broad SMARTS) is 1. The maximum atomic E-state index is 12.2. The molecule has 1 aromatic carbocycles. The van der Waals surface area contributed by atoms with Gasteiger partial charge in [-0.1, -0.05) is 18.2 Å². The Morgan fingerprint density at radius 2 is 2.17 bits per heavy atom. The third kappa shape index (κ3) is 3.17. The average molecular weight is 332 g/mol. The molecule has 0 aliphatic carbocycles. The quantitative estimate of drug-likeness (QED) is 0.904. The largest absolute Gasteiger partial charge is 0.481 e. The first-order valence-corrected chi connectivity index (χ1v) is 8.59. The highest BCUT2D eigenvalue weighted by molar-refractivity contribution is 7.17. The second-order valence-electron chi connectivity index (χ2n) is 6.28. The maximum Gasteiger partial charge on any atom is 0.317 e. The Morgan fingerprint density at radius 3 is 2.91 bits per heavy atom. The normalized spacial score (nSPS) is 20.8. The number of thiophene rings is 1. The summed E-state index contributed by atoms with van der Waals surface area (Å²) in [6.07, 6.45) is 1.28. The summed E-state index contributed by atoms with van der Waals surface area (Å²) in [5.41, 5.74) is 0.420.